The number of nitrogens with zero attached hydrogens (tertiary/aromatic N) is 2. The fraction of sp³-hybridized carbons (Fsp3) is 0. The van der Waals surface area contributed by atoms with Crippen LogP contribution in [0.3, 0.4) is 0 Å². The minimum atomic E-state index is -0.338. The summed E-state index contributed by atoms with van der Waals surface area (Å²) in [5, 5.41) is 42.1. The summed E-state index contributed by atoms with van der Waals surface area (Å²) in [4.78, 5) is 8.55. The van der Waals surface area contributed by atoms with E-state index in [9.17, 15) is 20.4 Å². The first kappa shape index (κ1) is 32.3. The van der Waals surface area contributed by atoms with Crippen molar-refractivity contribution in [3.63, 3.8) is 0 Å². The van der Waals surface area contributed by atoms with Crippen molar-refractivity contribution in [2.24, 2.45) is 9.98 Å². The molecule has 162 valence electrons. The molecule has 11 N–H and O–H groups in total. The van der Waals surface area contributed by atoms with Gasteiger partial charge in [0.1, 0.15) is 11.5 Å². The Morgan fingerprint density at radius 2 is 1.00 bits per heavy atom. The van der Waals surface area contributed by atoms with E-state index in [1.165, 1.54) is 36.7 Å². The molecule has 11 heteroatoms. The van der Waals surface area contributed by atoms with E-state index < -0.39 is 0 Å². The van der Waals surface area contributed by atoms with Crippen molar-refractivity contribution >= 4 is 23.8 Å². The molecule has 0 saturated carbocycles. The topological polar surface area (TPSA) is 239 Å². The van der Waals surface area contributed by atoms with E-state index in [1.807, 2.05) is 0 Å². The van der Waals surface area contributed by atoms with Crippen LogP contribution < -0.4 is 10.2 Å². The Labute approximate surface area is 190 Å². The van der Waals surface area contributed by atoms with Crippen LogP contribution in [0.4, 0.5) is 11.4 Å². The summed E-state index contributed by atoms with van der Waals surface area (Å²) in [5.41, 5.74) is 1.70. The molecule has 0 unspecified atom stereocenters. The second-order valence-electron chi connectivity index (χ2n) is 5.45. The predicted molar refractivity (Wildman–Crippen MR) is 112 cm³/mol. The molecule has 0 aliphatic heterocycles. The molecule has 3 aromatic carbocycles. The van der Waals surface area contributed by atoms with Gasteiger partial charge in [0.2, 0.25) is 0 Å². The summed E-state index contributed by atoms with van der Waals surface area (Å²) >= 11 is 0. The van der Waals surface area contributed by atoms with Crippen molar-refractivity contribution in [2.45, 2.75) is 0 Å². The maximum absolute atomic E-state index is 11.8. The van der Waals surface area contributed by atoms with Crippen LogP contribution >= 0.6 is 0 Å². The first-order valence-electron chi connectivity index (χ1n) is 7.70. The Morgan fingerprint density at radius 1 is 0.645 bits per heavy atom. The van der Waals surface area contributed by atoms with E-state index in [2.05, 4.69) is 9.98 Å². The third-order valence-electron chi connectivity index (χ3n) is 3.56. The number of phenols is 2. The van der Waals surface area contributed by atoms with Gasteiger partial charge in [0.15, 0.2) is 0 Å². The molecule has 0 fully saturated rings. The molecule has 0 aliphatic carbocycles. The van der Waals surface area contributed by atoms with E-state index in [0.29, 0.717) is 22.5 Å². The van der Waals surface area contributed by atoms with E-state index in [4.69, 9.17) is 0 Å². The summed E-state index contributed by atoms with van der Waals surface area (Å²) in [6, 6.07) is 15.0. The third kappa shape index (κ3) is 8.51. The smallest absolute Gasteiger partial charge is 0.872 e. The summed E-state index contributed by atoms with van der Waals surface area (Å²) < 4.78 is 0. The Balaban J connectivity index is -0.00000157. The van der Waals surface area contributed by atoms with Gasteiger partial charge in [-0.2, -0.15) is 0 Å². The standard InChI is InChI=1S/C20H16N2O4.4H2O.Zn/c23-15-7-5-13(19(25)9-15)11-21-17-3-1-2-4-18(17)22-12-14-6-8-16(24)10-20(14)26;;;;;/h1-12,23-26H;4*1H2;/q;;;;;+2/p-1. The van der Waals surface area contributed by atoms with Gasteiger partial charge in [-0.05, 0) is 47.5 Å². The predicted octanol–water partition coefficient (Wildman–Crippen LogP) is -0.652. The molecule has 0 saturated heterocycles. The molecular weight excluding hydrogens is 462 g/mol. The van der Waals surface area contributed by atoms with Crippen molar-refractivity contribution in [3.05, 3.63) is 71.8 Å². The summed E-state index contributed by atoms with van der Waals surface area (Å²) in [7, 11) is 0. The normalized spacial score (nSPS) is 9.55. The van der Waals surface area contributed by atoms with Gasteiger partial charge in [0.25, 0.3) is 0 Å². The minimum Gasteiger partial charge on any atom is -0.872 e. The van der Waals surface area contributed by atoms with Crippen LogP contribution in [0.5, 0.6) is 23.0 Å². The molecular formula is C20H23N2O8Zn+. The molecule has 10 nitrogen and oxygen atoms in total. The number of benzene rings is 3. The van der Waals surface area contributed by atoms with Crippen LogP contribution in [0.25, 0.3) is 0 Å². The van der Waals surface area contributed by atoms with Crippen LogP contribution in [0.2, 0.25) is 0 Å². The number of hydrogen-bond donors (Lipinski definition) is 2. The fourth-order valence-corrected chi connectivity index (χ4v) is 2.22. The molecule has 0 bridgehead atoms. The number of hydrogen-bond acceptors (Lipinski definition) is 6. The van der Waals surface area contributed by atoms with Crippen molar-refractivity contribution in [1.82, 2.24) is 0 Å². The van der Waals surface area contributed by atoms with E-state index >= 15 is 0 Å². The van der Waals surface area contributed by atoms with Gasteiger partial charge in [0.05, 0.1) is 11.4 Å². The van der Waals surface area contributed by atoms with Crippen molar-refractivity contribution in [1.29, 1.82) is 0 Å². The van der Waals surface area contributed by atoms with Crippen LogP contribution in [-0.2, 0) is 25.0 Å². The first-order chi connectivity index (χ1) is 12.5. The molecule has 0 atom stereocenters. The Hall–Kier alpha value is -3.34. The van der Waals surface area contributed by atoms with E-state index in [1.54, 1.807) is 24.3 Å². The van der Waals surface area contributed by atoms with Crippen LogP contribution in [0.15, 0.2) is 70.6 Å². The monoisotopic (exact) mass is 483 g/mol. The number of aliphatic imine (C=N–C) groups is 2. The largest absolute Gasteiger partial charge is 2.00 e. The first-order valence-corrected chi connectivity index (χ1v) is 7.70. The van der Waals surface area contributed by atoms with Gasteiger partial charge in [-0.3, -0.25) is 9.98 Å². The molecule has 0 amide bonds. The molecule has 3 aromatic rings. The summed E-state index contributed by atoms with van der Waals surface area (Å²) in [6.45, 7) is 0. The fourth-order valence-electron chi connectivity index (χ4n) is 2.22. The molecule has 31 heavy (non-hydrogen) atoms. The van der Waals surface area contributed by atoms with Crippen molar-refractivity contribution < 1.29 is 61.8 Å². The van der Waals surface area contributed by atoms with Gasteiger partial charge in [-0.15, -0.1) is 0 Å². The molecule has 0 spiro atoms. The Morgan fingerprint density at radius 3 is 1.32 bits per heavy atom. The Kier molecular flexibility index (Phi) is 15.2. The molecule has 0 radical (unpaired) electrons. The number of phenolic OH excluding ortho intramolecular Hbond substituents is 2. The van der Waals surface area contributed by atoms with Crippen molar-refractivity contribution in [3.8, 4) is 23.0 Å². The number of para-hydroxylation sites is 2. The second-order valence-corrected chi connectivity index (χ2v) is 5.45. The zero-order valence-corrected chi connectivity index (χ0v) is 19.3. The van der Waals surface area contributed by atoms with Crippen LogP contribution in [0, 0.1) is 0 Å². The number of rotatable bonds is 4. The minimum absolute atomic E-state index is 0. The molecule has 0 aliphatic rings. The van der Waals surface area contributed by atoms with Gasteiger partial charge in [-0.25, -0.2) is 0 Å². The maximum atomic E-state index is 11.8. The summed E-state index contributed by atoms with van der Waals surface area (Å²) in [6.07, 6.45) is 2.80. The van der Waals surface area contributed by atoms with Crippen molar-refractivity contribution in [2.75, 3.05) is 0 Å². The second kappa shape index (κ2) is 14.6. The van der Waals surface area contributed by atoms with Gasteiger partial charge in [-0.1, -0.05) is 35.8 Å². The molecule has 0 heterocycles. The quantitative estimate of drug-likeness (QED) is 0.278. The van der Waals surface area contributed by atoms with Crippen LogP contribution in [0.1, 0.15) is 11.1 Å². The van der Waals surface area contributed by atoms with Gasteiger partial charge >= 0.3 is 19.5 Å². The van der Waals surface area contributed by atoms with E-state index in [0.717, 1.165) is 12.1 Å². The molecule has 3 rings (SSSR count). The molecule has 0 aromatic heterocycles. The third-order valence-corrected chi connectivity index (χ3v) is 3.56. The SMILES string of the molecule is O.O.O.[O-]c1cc(O)ccc1C=Nc1ccccc1N=Cc1ccc(O)cc1[O-].[OH3+].[Zn+2]. The average molecular weight is 485 g/mol. The zero-order valence-electron chi connectivity index (χ0n) is 16.3. The van der Waals surface area contributed by atoms with Gasteiger partial charge < -0.3 is 42.3 Å². The zero-order chi connectivity index (χ0) is 18.5. The Bertz CT molecular complexity index is 932. The maximum Gasteiger partial charge on any atom is 2.00 e. The van der Waals surface area contributed by atoms with Gasteiger partial charge in [0, 0.05) is 12.4 Å². The number of aromatic hydroxyl groups is 2. The summed E-state index contributed by atoms with van der Waals surface area (Å²) in [5.74, 6) is -0.872. The van der Waals surface area contributed by atoms with E-state index in [-0.39, 0.29) is 64.4 Å². The van der Waals surface area contributed by atoms with Crippen LogP contribution in [-0.4, -0.2) is 39.1 Å². The average Bonchev–Trinajstić information content (AvgIpc) is 2.61.